The smallest absolute Gasteiger partial charge is 0.324 e. The van der Waals surface area contributed by atoms with Crippen LogP contribution < -0.4 is 0 Å². The number of aliphatic hydroxyl groups is 2. The van der Waals surface area contributed by atoms with Crippen molar-refractivity contribution in [2.75, 3.05) is 6.61 Å². The van der Waals surface area contributed by atoms with Crippen molar-refractivity contribution in [3.05, 3.63) is 0 Å². The standard InChI is InChI=1S/C8H12O4.2C3H8O.Ti/c1-4-12-8(11)7(5(2)9)6(3)10;2*1-3(2)4;/h7H,4H2,1-3H3;2*3-4H,1-2H3;. The summed E-state index contributed by atoms with van der Waals surface area (Å²) in [4.78, 5) is 32.5. The van der Waals surface area contributed by atoms with Crippen LogP contribution in [0, 0.1) is 5.92 Å². The Kier molecular flexibility index (Phi) is 23.8. The number of rotatable bonds is 4. The number of Topliss-reactive ketones (excluding diaryl/α,β-unsaturated/α-hetero) is 2. The first-order chi connectivity index (χ1) is 8.97. The minimum atomic E-state index is -1.23. The van der Waals surface area contributed by atoms with E-state index in [1.54, 1.807) is 34.6 Å². The van der Waals surface area contributed by atoms with Crippen molar-refractivity contribution in [1.29, 1.82) is 0 Å². The first-order valence-electron chi connectivity index (χ1n) is 6.50. The number of aliphatic hydroxyl groups excluding tert-OH is 2. The van der Waals surface area contributed by atoms with E-state index in [-0.39, 0.29) is 40.5 Å². The molecule has 21 heavy (non-hydrogen) atoms. The Morgan fingerprint density at radius 3 is 1.29 bits per heavy atom. The van der Waals surface area contributed by atoms with Gasteiger partial charge in [0.2, 0.25) is 0 Å². The van der Waals surface area contributed by atoms with Gasteiger partial charge in [0.15, 0.2) is 17.5 Å². The third-order valence-electron chi connectivity index (χ3n) is 1.34. The fourth-order valence-corrected chi connectivity index (χ4v) is 0.844. The maximum Gasteiger partial charge on any atom is 0.324 e. The number of esters is 1. The summed E-state index contributed by atoms with van der Waals surface area (Å²) in [7, 11) is 0. The van der Waals surface area contributed by atoms with Crippen LogP contribution in [-0.2, 0) is 40.8 Å². The molecule has 0 unspecified atom stereocenters. The maximum atomic E-state index is 11.0. The molecule has 0 rings (SSSR count). The van der Waals surface area contributed by atoms with E-state index in [0.29, 0.717) is 0 Å². The van der Waals surface area contributed by atoms with Crippen LogP contribution in [-0.4, -0.2) is 46.6 Å². The van der Waals surface area contributed by atoms with E-state index in [1.165, 1.54) is 13.8 Å². The fourth-order valence-electron chi connectivity index (χ4n) is 0.844. The average Bonchev–Trinajstić information content (AvgIpc) is 2.13. The molecule has 0 bridgehead atoms. The van der Waals surface area contributed by atoms with Gasteiger partial charge in [-0.3, -0.25) is 14.4 Å². The van der Waals surface area contributed by atoms with Crippen LogP contribution in [0.25, 0.3) is 0 Å². The topological polar surface area (TPSA) is 101 Å². The molecule has 0 saturated heterocycles. The Morgan fingerprint density at radius 1 is 0.905 bits per heavy atom. The van der Waals surface area contributed by atoms with Crippen molar-refractivity contribution in [3.63, 3.8) is 0 Å². The van der Waals surface area contributed by atoms with Crippen LogP contribution in [0.1, 0.15) is 48.5 Å². The molecule has 0 saturated carbocycles. The minimum Gasteiger partial charge on any atom is -0.465 e. The van der Waals surface area contributed by atoms with Gasteiger partial charge >= 0.3 is 5.97 Å². The predicted molar refractivity (Wildman–Crippen MR) is 76.2 cm³/mol. The van der Waals surface area contributed by atoms with E-state index in [2.05, 4.69) is 4.74 Å². The molecule has 124 valence electrons. The Labute approximate surface area is 142 Å². The third-order valence-corrected chi connectivity index (χ3v) is 1.34. The summed E-state index contributed by atoms with van der Waals surface area (Å²) in [5.41, 5.74) is 0. The SMILES string of the molecule is CC(C)O.CC(C)O.CCOC(=O)C(C(C)=O)C(C)=O.[Ti]. The number of carbonyl (C=O) groups is 3. The zero-order chi connectivity index (χ0) is 16.9. The molecule has 0 amide bonds. The monoisotopic (exact) mass is 340 g/mol. The number of hydrogen-bond donors (Lipinski definition) is 2. The second-order valence-electron chi connectivity index (χ2n) is 4.59. The molecule has 0 aromatic carbocycles. The molecule has 6 nitrogen and oxygen atoms in total. The van der Waals surface area contributed by atoms with Crippen molar-refractivity contribution < 1.29 is 51.1 Å². The van der Waals surface area contributed by atoms with Gasteiger partial charge in [0.25, 0.3) is 0 Å². The average molecular weight is 340 g/mol. The summed E-state index contributed by atoms with van der Waals surface area (Å²) < 4.78 is 4.55. The van der Waals surface area contributed by atoms with E-state index in [1.807, 2.05) is 0 Å². The fraction of sp³-hybridized carbons (Fsp3) is 0.786. The molecule has 2 N–H and O–H groups in total. The van der Waals surface area contributed by atoms with Crippen LogP contribution in [0.5, 0.6) is 0 Å². The molecule has 0 fully saturated rings. The summed E-state index contributed by atoms with van der Waals surface area (Å²) in [6.45, 7) is 11.1. The van der Waals surface area contributed by atoms with Gasteiger partial charge in [-0.15, -0.1) is 0 Å². The third kappa shape index (κ3) is 28.4. The summed E-state index contributed by atoms with van der Waals surface area (Å²) in [6.07, 6.45) is -0.333. The molecule has 0 atom stereocenters. The van der Waals surface area contributed by atoms with E-state index in [4.69, 9.17) is 10.2 Å². The van der Waals surface area contributed by atoms with Gasteiger partial charge < -0.3 is 14.9 Å². The zero-order valence-electron chi connectivity index (χ0n) is 14.0. The van der Waals surface area contributed by atoms with Gasteiger partial charge in [0, 0.05) is 33.9 Å². The van der Waals surface area contributed by atoms with Crippen molar-refractivity contribution in [2.24, 2.45) is 5.92 Å². The van der Waals surface area contributed by atoms with Crippen LogP contribution in [0.2, 0.25) is 0 Å². The summed E-state index contributed by atoms with van der Waals surface area (Å²) in [6, 6.07) is 0. The molecular weight excluding hydrogens is 312 g/mol. The first-order valence-corrected chi connectivity index (χ1v) is 6.50. The van der Waals surface area contributed by atoms with Gasteiger partial charge in [0.05, 0.1) is 6.61 Å². The van der Waals surface area contributed by atoms with Gasteiger partial charge in [0.1, 0.15) is 0 Å². The van der Waals surface area contributed by atoms with Crippen LogP contribution >= 0.6 is 0 Å². The Morgan fingerprint density at radius 2 is 1.14 bits per heavy atom. The molecule has 0 aliphatic heterocycles. The van der Waals surface area contributed by atoms with Crippen molar-refractivity contribution in [1.82, 2.24) is 0 Å². The van der Waals surface area contributed by atoms with Gasteiger partial charge in [-0.2, -0.15) is 0 Å². The number of ether oxygens (including phenoxy) is 1. The second kappa shape index (κ2) is 17.5. The quantitative estimate of drug-likeness (QED) is 0.452. The molecule has 0 spiro atoms. The van der Waals surface area contributed by atoms with Crippen LogP contribution in [0.15, 0.2) is 0 Å². The predicted octanol–water partition coefficient (Wildman–Crippen LogP) is 1.12. The largest absolute Gasteiger partial charge is 0.465 e. The van der Waals surface area contributed by atoms with Crippen molar-refractivity contribution >= 4 is 17.5 Å². The molecule has 0 aliphatic carbocycles. The molecule has 0 aliphatic rings. The second-order valence-corrected chi connectivity index (χ2v) is 4.59. The zero-order valence-corrected chi connectivity index (χ0v) is 15.5. The van der Waals surface area contributed by atoms with E-state index in [0.717, 1.165) is 0 Å². The number of hydrogen-bond acceptors (Lipinski definition) is 6. The number of ketones is 2. The van der Waals surface area contributed by atoms with Gasteiger partial charge in [-0.05, 0) is 48.5 Å². The van der Waals surface area contributed by atoms with Crippen LogP contribution in [0.4, 0.5) is 0 Å². The molecule has 7 heteroatoms. The maximum absolute atomic E-state index is 11.0. The van der Waals surface area contributed by atoms with E-state index in [9.17, 15) is 14.4 Å². The summed E-state index contributed by atoms with van der Waals surface area (Å²) in [5.74, 6) is -2.93. The molecular formula is C14H28O6Ti. The number of carbonyl (C=O) groups excluding carboxylic acids is 3. The Bertz CT molecular complexity index is 264. The molecule has 0 aromatic rings. The van der Waals surface area contributed by atoms with Crippen LogP contribution in [0.3, 0.4) is 0 Å². The van der Waals surface area contributed by atoms with Crippen molar-refractivity contribution in [3.8, 4) is 0 Å². The molecule has 0 aromatic heterocycles. The van der Waals surface area contributed by atoms with Gasteiger partial charge in [-0.1, -0.05) is 0 Å². The van der Waals surface area contributed by atoms with Gasteiger partial charge in [-0.25, -0.2) is 0 Å². The minimum absolute atomic E-state index is 0. The molecule has 0 heterocycles. The Balaban J connectivity index is -0.000000134. The van der Waals surface area contributed by atoms with E-state index >= 15 is 0 Å². The van der Waals surface area contributed by atoms with Crippen molar-refractivity contribution in [2.45, 2.75) is 60.7 Å². The Hall–Kier alpha value is -0.556. The normalized spacial score (nSPS) is 8.95. The first kappa shape index (κ1) is 28.6. The van der Waals surface area contributed by atoms with E-state index < -0.39 is 23.5 Å². The summed E-state index contributed by atoms with van der Waals surface area (Å²) >= 11 is 0. The molecule has 0 radical (unpaired) electrons. The summed E-state index contributed by atoms with van der Waals surface area (Å²) in [5, 5.41) is 16.1.